The van der Waals surface area contributed by atoms with Crippen molar-refractivity contribution in [2.75, 3.05) is 26.1 Å². The first-order chi connectivity index (χ1) is 14.6. The van der Waals surface area contributed by atoms with Gasteiger partial charge in [0.05, 0.1) is 20.3 Å². The van der Waals surface area contributed by atoms with Gasteiger partial charge in [-0.25, -0.2) is 0 Å². The Hall–Kier alpha value is -3.00. The molecule has 0 N–H and O–H groups in total. The van der Waals surface area contributed by atoms with Gasteiger partial charge in [0.1, 0.15) is 17.9 Å². The van der Waals surface area contributed by atoms with Gasteiger partial charge in [-0.3, -0.25) is 4.79 Å². The zero-order chi connectivity index (χ0) is 21.3. The molecular formula is C22H25N3O4S. The number of rotatable bonds is 11. The maximum atomic E-state index is 10.9. The molecule has 8 heteroatoms. The highest BCUT2D eigenvalue weighted by Gasteiger charge is 2.11. The van der Waals surface area contributed by atoms with Crippen molar-refractivity contribution in [1.29, 1.82) is 0 Å². The summed E-state index contributed by atoms with van der Waals surface area (Å²) in [6, 6.07) is 13.1. The molecule has 3 rings (SSSR count). The number of benzene rings is 2. The van der Waals surface area contributed by atoms with Crippen LogP contribution in [0.3, 0.4) is 0 Å². The molecule has 158 valence electrons. The molecule has 30 heavy (non-hydrogen) atoms. The van der Waals surface area contributed by atoms with Gasteiger partial charge in [0.2, 0.25) is 0 Å². The maximum Gasteiger partial charge on any atom is 0.191 e. The Kier molecular flexibility index (Phi) is 7.73. The summed E-state index contributed by atoms with van der Waals surface area (Å²) in [4.78, 5) is 10.9. The summed E-state index contributed by atoms with van der Waals surface area (Å²) in [6.45, 7) is 2.87. The number of aldehydes is 1. The lowest BCUT2D eigenvalue weighted by atomic mass is 10.1. The van der Waals surface area contributed by atoms with E-state index in [1.54, 1.807) is 37.1 Å². The highest BCUT2D eigenvalue weighted by Crippen LogP contribution is 2.28. The van der Waals surface area contributed by atoms with E-state index in [2.05, 4.69) is 10.2 Å². The quantitative estimate of drug-likeness (QED) is 0.262. The zero-order valence-corrected chi connectivity index (χ0v) is 18.1. The second kappa shape index (κ2) is 10.7. The Morgan fingerprint density at radius 3 is 2.57 bits per heavy atom. The van der Waals surface area contributed by atoms with Gasteiger partial charge in [0, 0.05) is 24.8 Å². The van der Waals surface area contributed by atoms with Crippen LogP contribution in [-0.2, 0) is 13.5 Å². The zero-order valence-electron chi connectivity index (χ0n) is 17.3. The number of nitrogens with zero attached hydrogens (tertiary/aromatic N) is 3. The fourth-order valence-electron chi connectivity index (χ4n) is 2.82. The minimum absolute atomic E-state index is 0.478. The largest absolute Gasteiger partial charge is 0.497 e. The van der Waals surface area contributed by atoms with E-state index >= 15 is 0 Å². The van der Waals surface area contributed by atoms with Gasteiger partial charge in [0.15, 0.2) is 16.7 Å². The van der Waals surface area contributed by atoms with Gasteiger partial charge in [-0.15, -0.1) is 10.2 Å². The number of thioether (sulfide) groups is 1. The summed E-state index contributed by atoms with van der Waals surface area (Å²) in [6.07, 6.45) is 1.49. The number of methoxy groups -OCH3 is 1. The Morgan fingerprint density at radius 2 is 1.87 bits per heavy atom. The van der Waals surface area contributed by atoms with Gasteiger partial charge >= 0.3 is 0 Å². The van der Waals surface area contributed by atoms with Crippen molar-refractivity contribution >= 4 is 18.0 Å². The average Bonchev–Trinajstić information content (AvgIpc) is 3.12. The number of carbonyl (C=O) groups excluding carboxylic acids is 1. The summed E-state index contributed by atoms with van der Waals surface area (Å²) in [5, 5.41) is 9.44. The number of aromatic nitrogens is 3. The molecule has 0 bridgehead atoms. The second-order valence-electron chi connectivity index (χ2n) is 6.44. The van der Waals surface area contributed by atoms with Crippen LogP contribution in [0.15, 0.2) is 47.6 Å². The highest BCUT2D eigenvalue weighted by molar-refractivity contribution is 7.99. The fraction of sp³-hybridized carbons (Fsp3) is 0.318. The lowest BCUT2D eigenvalue weighted by molar-refractivity contribution is 0.112. The third-order valence-corrected chi connectivity index (χ3v) is 5.41. The Morgan fingerprint density at radius 1 is 1.07 bits per heavy atom. The molecule has 0 spiro atoms. The summed E-state index contributed by atoms with van der Waals surface area (Å²) >= 11 is 1.58. The van der Waals surface area contributed by atoms with Crippen LogP contribution in [0.25, 0.3) is 0 Å². The summed E-state index contributed by atoms with van der Waals surface area (Å²) in [5.74, 6) is 3.64. The van der Waals surface area contributed by atoms with Crippen LogP contribution in [0.5, 0.6) is 17.2 Å². The topological polar surface area (TPSA) is 75.5 Å². The molecule has 7 nitrogen and oxygen atoms in total. The fourth-order valence-corrected chi connectivity index (χ4v) is 3.57. The molecule has 0 aliphatic rings. The molecule has 0 amide bonds. The normalized spacial score (nSPS) is 10.6. The van der Waals surface area contributed by atoms with Crippen LogP contribution >= 0.6 is 11.8 Å². The highest BCUT2D eigenvalue weighted by atomic mass is 32.2. The molecule has 0 fully saturated rings. The predicted molar refractivity (Wildman–Crippen MR) is 116 cm³/mol. The standard InChI is InChI=1S/C22H25N3O4S/c1-4-28-20-13-17(15-26)7-10-19(20)29-11-12-30-22-24-23-21(25(22)2)14-16-5-8-18(27-3)9-6-16/h5-10,13,15H,4,11-12,14H2,1-3H3. The lowest BCUT2D eigenvalue weighted by Gasteiger charge is -2.12. The third-order valence-electron chi connectivity index (χ3n) is 4.42. The van der Waals surface area contributed by atoms with Crippen molar-refractivity contribution in [2.45, 2.75) is 18.5 Å². The van der Waals surface area contributed by atoms with Crippen molar-refractivity contribution in [3.8, 4) is 17.2 Å². The van der Waals surface area contributed by atoms with Crippen LogP contribution < -0.4 is 14.2 Å². The van der Waals surface area contributed by atoms with E-state index in [1.165, 1.54) is 0 Å². The van der Waals surface area contributed by atoms with Crippen LogP contribution in [-0.4, -0.2) is 47.1 Å². The van der Waals surface area contributed by atoms with E-state index in [0.29, 0.717) is 42.4 Å². The molecular weight excluding hydrogens is 402 g/mol. The van der Waals surface area contributed by atoms with E-state index < -0.39 is 0 Å². The van der Waals surface area contributed by atoms with Crippen LogP contribution in [0.4, 0.5) is 0 Å². The first-order valence-corrected chi connectivity index (χ1v) is 10.6. The SMILES string of the molecule is CCOc1cc(C=O)ccc1OCCSc1nnc(Cc2ccc(OC)cc2)n1C. The number of carbonyl (C=O) groups is 1. The first kappa shape index (κ1) is 21.7. The summed E-state index contributed by atoms with van der Waals surface area (Å²) in [7, 11) is 3.62. The molecule has 0 unspecified atom stereocenters. The number of hydrogen-bond acceptors (Lipinski definition) is 7. The molecule has 0 aliphatic heterocycles. The Labute approximate surface area is 180 Å². The van der Waals surface area contributed by atoms with Crippen molar-refractivity contribution in [2.24, 2.45) is 7.05 Å². The van der Waals surface area contributed by atoms with Crippen LogP contribution in [0.2, 0.25) is 0 Å². The van der Waals surface area contributed by atoms with Gasteiger partial charge in [0.25, 0.3) is 0 Å². The Balaban J connectivity index is 1.54. The Bertz CT molecular complexity index is 973. The van der Waals surface area contributed by atoms with Gasteiger partial charge in [-0.1, -0.05) is 23.9 Å². The molecule has 0 saturated heterocycles. The van der Waals surface area contributed by atoms with Crippen molar-refractivity contribution in [3.05, 3.63) is 59.4 Å². The molecule has 0 atom stereocenters. The molecule has 3 aromatic rings. The summed E-state index contributed by atoms with van der Waals surface area (Å²) < 4.78 is 18.6. The van der Waals surface area contributed by atoms with Crippen molar-refractivity contribution < 1.29 is 19.0 Å². The van der Waals surface area contributed by atoms with Crippen molar-refractivity contribution in [1.82, 2.24) is 14.8 Å². The van der Waals surface area contributed by atoms with E-state index in [0.717, 1.165) is 28.6 Å². The number of ether oxygens (including phenoxy) is 3. The summed E-state index contributed by atoms with van der Waals surface area (Å²) in [5.41, 5.74) is 1.71. The monoisotopic (exact) mass is 427 g/mol. The minimum Gasteiger partial charge on any atom is -0.497 e. The van der Waals surface area contributed by atoms with Crippen molar-refractivity contribution in [3.63, 3.8) is 0 Å². The van der Waals surface area contributed by atoms with Gasteiger partial charge in [-0.2, -0.15) is 0 Å². The predicted octanol–water partition coefficient (Wildman–Crippen LogP) is 3.80. The van der Waals surface area contributed by atoms with Crippen LogP contribution in [0.1, 0.15) is 28.7 Å². The second-order valence-corrected chi connectivity index (χ2v) is 7.50. The lowest BCUT2D eigenvalue weighted by Crippen LogP contribution is -2.05. The molecule has 0 saturated carbocycles. The number of hydrogen-bond donors (Lipinski definition) is 0. The smallest absolute Gasteiger partial charge is 0.191 e. The first-order valence-electron chi connectivity index (χ1n) is 9.63. The van der Waals surface area contributed by atoms with E-state index in [1.807, 2.05) is 42.8 Å². The third kappa shape index (κ3) is 5.54. The average molecular weight is 428 g/mol. The van der Waals surface area contributed by atoms with Gasteiger partial charge < -0.3 is 18.8 Å². The van der Waals surface area contributed by atoms with E-state index in [4.69, 9.17) is 14.2 Å². The molecule has 0 aliphatic carbocycles. The molecule has 2 aromatic carbocycles. The maximum absolute atomic E-state index is 10.9. The van der Waals surface area contributed by atoms with Crippen LogP contribution in [0, 0.1) is 0 Å². The molecule has 0 radical (unpaired) electrons. The van der Waals surface area contributed by atoms with E-state index in [9.17, 15) is 4.79 Å². The minimum atomic E-state index is 0.478. The molecule has 1 heterocycles. The van der Waals surface area contributed by atoms with Gasteiger partial charge in [-0.05, 0) is 42.8 Å². The van der Waals surface area contributed by atoms with E-state index in [-0.39, 0.29) is 0 Å². The molecule has 1 aromatic heterocycles.